The van der Waals surface area contributed by atoms with Gasteiger partial charge in [-0.05, 0) is 61.7 Å². The van der Waals surface area contributed by atoms with Gasteiger partial charge in [0.05, 0.1) is 5.69 Å². The number of fused-ring (bicyclic) bond motifs is 1. The molecule has 8 nitrogen and oxygen atoms in total. The zero-order valence-electron chi connectivity index (χ0n) is 16.4. The van der Waals surface area contributed by atoms with Gasteiger partial charge < -0.3 is 5.32 Å². The maximum Gasteiger partial charge on any atom is 0.263 e. The number of hydrogen-bond donors (Lipinski definition) is 1. The molecule has 148 valence electrons. The predicted octanol–water partition coefficient (Wildman–Crippen LogP) is 2.54. The second-order valence-electron chi connectivity index (χ2n) is 7.47. The van der Waals surface area contributed by atoms with Crippen LogP contribution in [0.25, 0.3) is 0 Å². The Kier molecular flexibility index (Phi) is 4.62. The molecule has 4 rings (SSSR count). The Morgan fingerprint density at radius 3 is 2.41 bits per heavy atom. The minimum atomic E-state index is -0.921. The van der Waals surface area contributed by atoms with Crippen LogP contribution >= 0.6 is 0 Å². The van der Waals surface area contributed by atoms with Gasteiger partial charge in [-0.15, -0.1) is 0 Å². The van der Waals surface area contributed by atoms with Gasteiger partial charge in [-0.1, -0.05) is 23.4 Å². The van der Waals surface area contributed by atoms with Crippen molar-refractivity contribution in [3.8, 4) is 0 Å². The summed E-state index contributed by atoms with van der Waals surface area (Å²) in [6.45, 7) is 5.58. The molecule has 0 saturated carbocycles. The van der Waals surface area contributed by atoms with E-state index >= 15 is 0 Å². The van der Waals surface area contributed by atoms with Gasteiger partial charge in [0.15, 0.2) is 12.1 Å². The molecule has 1 fully saturated rings. The predicted molar refractivity (Wildman–Crippen MR) is 107 cm³/mol. The minimum absolute atomic E-state index is 0.168. The molecule has 2 heterocycles. The number of carbonyl (C=O) groups is 3. The zero-order valence-corrected chi connectivity index (χ0v) is 16.4. The fourth-order valence-corrected chi connectivity index (χ4v) is 3.76. The van der Waals surface area contributed by atoms with Crippen LogP contribution in [0, 0.1) is 20.8 Å². The van der Waals surface area contributed by atoms with Crippen LogP contribution in [0.1, 0.15) is 16.7 Å². The molecule has 2 aliphatic rings. The zero-order chi connectivity index (χ0) is 20.7. The second-order valence-corrected chi connectivity index (χ2v) is 7.47. The van der Waals surface area contributed by atoms with Crippen molar-refractivity contribution in [1.82, 2.24) is 5.01 Å². The van der Waals surface area contributed by atoms with Gasteiger partial charge >= 0.3 is 0 Å². The molecule has 1 saturated heterocycles. The van der Waals surface area contributed by atoms with E-state index in [1.807, 2.05) is 45.0 Å². The first-order valence-corrected chi connectivity index (χ1v) is 9.33. The smallest absolute Gasteiger partial charge is 0.263 e. The first-order valence-electron chi connectivity index (χ1n) is 9.33. The molecule has 1 N–H and O–H groups in total. The van der Waals surface area contributed by atoms with E-state index in [9.17, 15) is 14.4 Å². The van der Waals surface area contributed by atoms with Crippen LogP contribution in [0.15, 0.2) is 52.8 Å². The van der Waals surface area contributed by atoms with E-state index in [1.54, 1.807) is 18.2 Å². The highest BCUT2D eigenvalue weighted by atomic mass is 16.2. The molecule has 3 amide bonds. The number of imide groups is 1. The number of rotatable bonds is 4. The summed E-state index contributed by atoms with van der Waals surface area (Å²) in [6.07, 6.45) is 0. The molecule has 0 spiro atoms. The lowest BCUT2D eigenvalue weighted by molar-refractivity contribution is -0.123. The van der Waals surface area contributed by atoms with Gasteiger partial charge in [0.2, 0.25) is 5.91 Å². The topological polar surface area (TPSA) is 94.4 Å². The summed E-state index contributed by atoms with van der Waals surface area (Å²) in [5, 5.41) is 11.9. The molecule has 8 heteroatoms. The summed E-state index contributed by atoms with van der Waals surface area (Å²) >= 11 is 0. The normalized spacial score (nSPS) is 20.4. The highest BCUT2D eigenvalue weighted by molar-refractivity contribution is 6.25. The molecule has 0 radical (unpaired) electrons. The third-order valence-corrected chi connectivity index (χ3v) is 4.93. The van der Waals surface area contributed by atoms with Crippen molar-refractivity contribution in [3.05, 3.63) is 59.2 Å². The standard InChI is InChI=1S/C21H21N5O3/c1-12-5-4-6-15(8-12)22-17(27)11-25-19-18(23-24-25)20(28)26(21(19)29)16-9-13(2)7-14(3)10-16/h4-10,18-19H,11H2,1-3H3,(H,22,27)/t18-,19+/m1/s1. The summed E-state index contributed by atoms with van der Waals surface area (Å²) in [5.74, 6) is -1.17. The van der Waals surface area contributed by atoms with Gasteiger partial charge in [-0.25, -0.2) is 4.90 Å². The van der Waals surface area contributed by atoms with E-state index in [4.69, 9.17) is 0 Å². The monoisotopic (exact) mass is 391 g/mol. The van der Waals surface area contributed by atoms with Crippen LogP contribution < -0.4 is 10.2 Å². The lowest BCUT2D eigenvalue weighted by Crippen LogP contribution is -2.43. The Morgan fingerprint density at radius 1 is 1.00 bits per heavy atom. The minimum Gasteiger partial charge on any atom is -0.324 e. The third kappa shape index (κ3) is 3.49. The van der Waals surface area contributed by atoms with Gasteiger partial charge in [0.25, 0.3) is 11.8 Å². The van der Waals surface area contributed by atoms with Crippen molar-refractivity contribution >= 4 is 29.1 Å². The molecule has 0 unspecified atom stereocenters. The van der Waals surface area contributed by atoms with E-state index in [1.165, 1.54) is 5.01 Å². The summed E-state index contributed by atoms with van der Waals surface area (Å²) in [5.41, 5.74) is 4.10. The molecule has 2 atom stereocenters. The van der Waals surface area contributed by atoms with Crippen LogP contribution in [0.3, 0.4) is 0 Å². The van der Waals surface area contributed by atoms with Crippen molar-refractivity contribution in [2.75, 3.05) is 16.8 Å². The number of anilines is 2. The quantitative estimate of drug-likeness (QED) is 0.811. The van der Waals surface area contributed by atoms with Crippen LogP contribution in [0.5, 0.6) is 0 Å². The first-order chi connectivity index (χ1) is 13.8. The molecule has 0 aromatic heterocycles. The molecular formula is C21H21N5O3. The van der Waals surface area contributed by atoms with Crippen molar-refractivity contribution < 1.29 is 14.4 Å². The summed E-state index contributed by atoms with van der Waals surface area (Å²) < 4.78 is 0. The number of nitrogens with one attached hydrogen (secondary N) is 1. The maximum atomic E-state index is 13.0. The van der Waals surface area contributed by atoms with Crippen molar-refractivity contribution in [1.29, 1.82) is 0 Å². The number of aryl methyl sites for hydroxylation is 3. The Labute approximate surface area is 168 Å². The Balaban J connectivity index is 1.51. The third-order valence-electron chi connectivity index (χ3n) is 4.93. The molecule has 2 aliphatic heterocycles. The van der Waals surface area contributed by atoms with Gasteiger partial charge in [-0.2, -0.15) is 5.11 Å². The summed E-state index contributed by atoms with van der Waals surface area (Å²) in [7, 11) is 0. The Bertz CT molecular complexity index is 1030. The number of hydrogen-bond acceptors (Lipinski definition) is 6. The maximum absolute atomic E-state index is 13.0. The van der Waals surface area contributed by atoms with Gasteiger partial charge in [-0.3, -0.25) is 19.4 Å². The fourth-order valence-electron chi connectivity index (χ4n) is 3.76. The summed E-state index contributed by atoms with van der Waals surface area (Å²) in [4.78, 5) is 39.4. The van der Waals surface area contributed by atoms with Crippen LogP contribution in [0.4, 0.5) is 11.4 Å². The average Bonchev–Trinajstić information content (AvgIpc) is 3.14. The Morgan fingerprint density at radius 2 is 1.72 bits per heavy atom. The number of benzene rings is 2. The van der Waals surface area contributed by atoms with Crippen molar-refractivity contribution in [3.63, 3.8) is 0 Å². The van der Waals surface area contributed by atoms with E-state index in [0.717, 1.165) is 21.6 Å². The second kappa shape index (κ2) is 7.12. The highest BCUT2D eigenvalue weighted by Gasteiger charge is 2.55. The number of carbonyl (C=O) groups excluding carboxylic acids is 3. The number of nitrogens with zero attached hydrogens (tertiary/aromatic N) is 4. The largest absolute Gasteiger partial charge is 0.324 e. The molecule has 0 aliphatic carbocycles. The SMILES string of the molecule is Cc1cccc(NC(=O)CN2N=N[C@H]3C(=O)N(c4cc(C)cc(C)c4)C(=O)[C@H]32)c1. The van der Waals surface area contributed by atoms with Gasteiger partial charge in [0.1, 0.15) is 6.54 Å². The van der Waals surface area contributed by atoms with Crippen molar-refractivity contribution in [2.45, 2.75) is 32.9 Å². The first kappa shape index (κ1) is 18.8. The number of amides is 3. The molecule has 2 aromatic carbocycles. The average molecular weight is 391 g/mol. The van der Waals surface area contributed by atoms with E-state index in [-0.39, 0.29) is 12.5 Å². The van der Waals surface area contributed by atoms with Crippen LogP contribution in [-0.4, -0.2) is 41.4 Å². The summed E-state index contributed by atoms with van der Waals surface area (Å²) in [6, 6.07) is 11.1. The fraction of sp³-hybridized carbons (Fsp3) is 0.286. The van der Waals surface area contributed by atoms with Crippen molar-refractivity contribution in [2.24, 2.45) is 10.3 Å². The molecular weight excluding hydrogens is 370 g/mol. The molecule has 2 aromatic rings. The Hall–Kier alpha value is -3.55. The van der Waals surface area contributed by atoms with Crippen LogP contribution in [0.2, 0.25) is 0 Å². The van der Waals surface area contributed by atoms with E-state index in [2.05, 4.69) is 15.7 Å². The van der Waals surface area contributed by atoms with Gasteiger partial charge in [0, 0.05) is 5.69 Å². The van der Waals surface area contributed by atoms with Crippen LogP contribution in [-0.2, 0) is 14.4 Å². The highest BCUT2D eigenvalue weighted by Crippen LogP contribution is 2.32. The molecule has 0 bridgehead atoms. The molecule has 29 heavy (non-hydrogen) atoms. The lowest BCUT2D eigenvalue weighted by atomic mass is 10.1. The lowest BCUT2D eigenvalue weighted by Gasteiger charge is -2.20. The van der Waals surface area contributed by atoms with E-state index in [0.29, 0.717) is 11.4 Å². The van der Waals surface area contributed by atoms with E-state index < -0.39 is 23.9 Å².